The molecule has 0 spiro atoms. The highest BCUT2D eigenvalue weighted by Gasteiger charge is 2.40. The molecule has 0 radical (unpaired) electrons. The number of benzene rings is 2. The topological polar surface area (TPSA) is 94.2 Å². The standard InChI is InChI=1S/C32H44N2O6/c1-8-9-10-14-23(24-18-26(39-6)27(40-7)19-25(24)38-5)30(32(2,3)4)31(37)33-22-13-11-12-21(17-22)20-34-28(35)15-16-29(34)36/h11-13,17-19,23,30H,8-10,14-16,20H2,1-7H3,(H,33,37). The van der Waals surface area contributed by atoms with E-state index in [9.17, 15) is 14.4 Å². The number of likely N-dealkylation sites (tertiary alicyclic amines) is 1. The summed E-state index contributed by atoms with van der Waals surface area (Å²) in [7, 11) is 4.82. The monoisotopic (exact) mass is 552 g/mol. The van der Waals surface area contributed by atoms with Crippen molar-refractivity contribution in [3.63, 3.8) is 0 Å². The summed E-state index contributed by atoms with van der Waals surface area (Å²) in [6, 6.07) is 11.1. The Morgan fingerprint density at radius 2 is 1.55 bits per heavy atom. The number of methoxy groups -OCH3 is 3. The maximum Gasteiger partial charge on any atom is 0.229 e. The number of rotatable bonds is 13. The predicted molar refractivity (Wildman–Crippen MR) is 156 cm³/mol. The Balaban J connectivity index is 1.98. The van der Waals surface area contributed by atoms with Crippen LogP contribution in [0.3, 0.4) is 0 Å². The minimum absolute atomic E-state index is 0.101. The molecule has 1 N–H and O–H groups in total. The zero-order valence-corrected chi connectivity index (χ0v) is 25.0. The van der Waals surface area contributed by atoms with Crippen molar-refractivity contribution < 1.29 is 28.6 Å². The summed E-state index contributed by atoms with van der Waals surface area (Å²) in [5.74, 6) is 0.840. The second-order valence-corrected chi connectivity index (χ2v) is 11.5. The van der Waals surface area contributed by atoms with Crippen LogP contribution in [0.1, 0.15) is 83.3 Å². The molecule has 3 rings (SSSR count). The number of hydrogen-bond acceptors (Lipinski definition) is 6. The van der Waals surface area contributed by atoms with E-state index in [1.807, 2.05) is 36.4 Å². The summed E-state index contributed by atoms with van der Waals surface area (Å²) < 4.78 is 16.9. The Bertz CT molecular complexity index is 1190. The van der Waals surface area contributed by atoms with Crippen molar-refractivity contribution in [2.24, 2.45) is 11.3 Å². The molecule has 1 fully saturated rings. The number of nitrogens with zero attached hydrogens (tertiary/aromatic N) is 1. The molecule has 8 nitrogen and oxygen atoms in total. The second-order valence-electron chi connectivity index (χ2n) is 11.5. The van der Waals surface area contributed by atoms with Gasteiger partial charge < -0.3 is 19.5 Å². The molecular weight excluding hydrogens is 508 g/mol. The average Bonchev–Trinajstić information content (AvgIpc) is 3.23. The molecule has 8 heteroatoms. The third kappa shape index (κ3) is 7.34. The van der Waals surface area contributed by atoms with Gasteiger partial charge in [-0.1, -0.05) is 59.1 Å². The SMILES string of the molecule is CCCCCC(c1cc(OC)c(OC)cc1OC)C(C(=O)Nc1cccc(CN2C(=O)CCC2=O)c1)C(C)(C)C. The van der Waals surface area contributed by atoms with Gasteiger partial charge >= 0.3 is 0 Å². The van der Waals surface area contributed by atoms with Gasteiger partial charge in [-0.3, -0.25) is 19.3 Å². The molecule has 3 amide bonds. The Morgan fingerprint density at radius 3 is 2.12 bits per heavy atom. The van der Waals surface area contributed by atoms with Gasteiger partial charge in [-0.25, -0.2) is 0 Å². The molecule has 0 aromatic heterocycles. The first-order valence-corrected chi connectivity index (χ1v) is 14.1. The molecule has 1 saturated heterocycles. The summed E-state index contributed by atoms with van der Waals surface area (Å²) in [5.41, 5.74) is 1.94. The lowest BCUT2D eigenvalue weighted by Crippen LogP contribution is -2.38. The molecule has 0 bridgehead atoms. The predicted octanol–water partition coefficient (Wildman–Crippen LogP) is 6.33. The fourth-order valence-corrected chi connectivity index (χ4v) is 5.59. The largest absolute Gasteiger partial charge is 0.496 e. The van der Waals surface area contributed by atoms with Crippen LogP contribution in [0.15, 0.2) is 36.4 Å². The van der Waals surface area contributed by atoms with Crippen LogP contribution in [0.5, 0.6) is 17.2 Å². The van der Waals surface area contributed by atoms with Gasteiger partial charge in [-0.2, -0.15) is 0 Å². The lowest BCUT2D eigenvalue weighted by Gasteiger charge is -2.37. The number of unbranched alkanes of at least 4 members (excludes halogenated alkanes) is 2. The van der Waals surface area contributed by atoms with Gasteiger partial charge in [0.25, 0.3) is 0 Å². The molecule has 218 valence electrons. The molecule has 1 aliphatic heterocycles. The van der Waals surface area contributed by atoms with E-state index in [0.717, 1.165) is 36.8 Å². The zero-order chi connectivity index (χ0) is 29.4. The number of nitrogens with one attached hydrogen (secondary N) is 1. The summed E-state index contributed by atoms with van der Waals surface area (Å²) in [5, 5.41) is 3.14. The summed E-state index contributed by atoms with van der Waals surface area (Å²) in [6.07, 6.45) is 4.39. The van der Waals surface area contributed by atoms with Gasteiger partial charge in [0.1, 0.15) is 5.75 Å². The number of carbonyl (C=O) groups is 3. The Kier molecular flexibility index (Phi) is 10.6. The normalized spacial score (nSPS) is 15.1. The summed E-state index contributed by atoms with van der Waals surface area (Å²) in [6.45, 7) is 8.61. The molecule has 2 atom stereocenters. The van der Waals surface area contributed by atoms with Gasteiger partial charge in [-0.15, -0.1) is 0 Å². The lowest BCUT2D eigenvalue weighted by molar-refractivity contribution is -0.139. The quantitative estimate of drug-likeness (QED) is 0.231. The van der Waals surface area contributed by atoms with Crippen LogP contribution in [-0.4, -0.2) is 44.0 Å². The van der Waals surface area contributed by atoms with E-state index in [1.54, 1.807) is 21.3 Å². The number of amides is 3. The smallest absolute Gasteiger partial charge is 0.229 e. The Morgan fingerprint density at radius 1 is 0.925 bits per heavy atom. The number of imide groups is 1. The maximum atomic E-state index is 14.1. The number of anilines is 1. The van der Waals surface area contributed by atoms with Crippen molar-refractivity contribution in [3.05, 3.63) is 47.5 Å². The summed E-state index contributed by atoms with van der Waals surface area (Å²) in [4.78, 5) is 39.6. The van der Waals surface area contributed by atoms with E-state index in [4.69, 9.17) is 14.2 Å². The van der Waals surface area contributed by atoms with Crippen LogP contribution in [0.2, 0.25) is 0 Å². The average molecular weight is 553 g/mol. The minimum Gasteiger partial charge on any atom is -0.496 e. The van der Waals surface area contributed by atoms with E-state index in [-0.39, 0.29) is 48.4 Å². The van der Waals surface area contributed by atoms with Crippen LogP contribution < -0.4 is 19.5 Å². The second kappa shape index (κ2) is 13.7. The van der Waals surface area contributed by atoms with Crippen molar-refractivity contribution in [2.75, 3.05) is 26.6 Å². The van der Waals surface area contributed by atoms with Crippen molar-refractivity contribution >= 4 is 23.4 Å². The first-order chi connectivity index (χ1) is 19.0. The van der Waals surface area contributed by atoms with Crippen LogP contribution in [-0.2, 0) is 20.9 Å². The van der Waals surface area contributed by atoms with E-state index in [2.05, 4.69) is 33.0 Å². The highest BCUT2D eigenvalue weighted by molar-refractivity contribution is 6.01. The fourth-order valence-electron chi connectivity index (χ4n) is 5.59. The molecular formula is C32H44N2O6. The van der Waals surface area contributed by atoms with E-state index in [0.29, 0.717) is 22.9 Å². The fraction of sp³-hybridized carbons (Fsp3) is 0.531. The van der Waals surface area contributed by atoms with Crippen molar-refractivity contribution in [2.45, 2.75) is 78.7 Å². The van der Waals surface area contributed by atoms with Gasteiger partial charge in [0.05, 0.1) is 33.8 Å². The molecule has 2 aromatic rings. The van der Waals surface area contributed by atoms with Crippen LogP contribution in [0, 0.1) is 11.3 Å². The van der Waals surface area contributed by atoms with Crippen molar-refractivity contribution in [3.8, 4) is 17.2 Å². The van der Waals surface area contributed by atoms with Gasteiger partial charge in [0.2, 0.25) is 17.7 Å². The molecule has 2 aromatic carbocycles. The van der Waals surface area contributed by atoms with Gasteiger partial charge in [-0.05, 0) is 41.5 Å². The maximum absolute atomic E-state index is 14.1. The third-order valence-electron chi connectivity index (χ3n) is 7.56. The number of carbonyl (C=O) groups excluding carboxylic acids is 3. The highest BCUT2D eigenvalue weighted by Crippen LogP contribution is 2.47. The molecule has 40 heavy (non-hydrogen) atoms. The van der Waals surface area contributed by atoms with Crippen LogP contribution in [0.25, 0.3) is 0 Å². The lowest BCUT2D eigenvalue weighted by atomic mass is 9.68. The third-order valence-corrected chi connectivity index (χ3v) is 7.56. The summed E-state index contributed by atoms with van der Waals surface area (Å²) >= 11 is 0. The molecule has 1 heterocycles. The first-order valence-electron chi connectivity index (χ1n) is 14.1. The molecule has 1 aliphatic rings. The van der Waals surface area contributed by atoms with Gasteiger partial charge in [0.15, 0.2) is 11.5 Å². The first kappa shape index (κ1) is 31.0. The Labute approximate surface area is 238 Å². The minimum atomic E-state index is -0.401. The van der Waals surface area contributed by atoms with Crippen molar-refractivity contribution in [1.29, 1.82) is 0 Å². The molecule has 0 aliphatic carbocycles. The molecule has 2 unspecified atom stereocenters. The van der Waals surface area contributed by atoms with E-state index < -0.39 is 5.92 Å². The van der Waals surface area contributed by atoms with Crippen LogP contribution >= 0.6 is 0 Å². The zero-order valence-electron chi connectivity index (χ0n) is 25.0. The van der Waals surface area contributed by atoms with E-state index >= 15 is 0 Å². The molecule has 0 saturated carbocycles. The number of hydrogen-bond donors (Lipinski definition) is 1. The van der Waals surface area contributed by atoms with Crippen molar-refractivity contribution in [1.82, 2.24) is 4.90 Å². The number of ether oxygens (including phenoxy) is 3. The van der Waals surface area contributed by atoms with Gasteiger partial charge in [0, 0.05) is 30.2 Å². The Hall–Kier alpha value is -3.55. The highest BCUT2D eigenvalue weighted by atomic mass is 16.5. The van der Waals surface area contributed by atoms with Crippen LogP contribution in [0.4, 0.5) is 5.69 Å². The van der Waals surface area contributed by atoms with E-state index in [1.165, 1.54) is 4.90 Å².